The second-order valence-electron chi connectivity index (χ2n) is 5.85. The van der Waals surface area contributed by atoms with Gasteiger partial charge in [0.25, 0.3) is 15.9 Å². The molecule has 0 fully saturated rings. The summed E-state index contributed by atoms with van der Waals surface area (Å²) in [6.45, 7) is 3.86. The van der Waals surface area contributed by atoms with E-state index < -0.39 is 10.0 Å². The second kappa shape index (κ2) is 9.95. The Kier molecular flexibility index (Phi) is 7.65. The number of hydrogen-bond donors (Lipinski definition) is 3. The number of benzene rings is 2. The summed E-state index contributed by atoms with van der Waals surface area (Å²) < 4.78 is 38.4. The number of rotatable bonds is 10. The fraction of sp³-hybridized carbons (Fsp3) is 0.316. The molecule has 0 atom stereocenters. The number of aliphatic hydroxyl groups is 1. The zero-order valence-corrected chi connectivity index (χ0v) is 16.6. The number of hydrogen-bond acceptors (Lipinski definition) is 6. The smallest absolute Gasteiger partial charge is 0.261 e. The van der Waals surface area contributed by atoms with E-state index in [0.717, 1.165) is 0 Å². The van der Waals surface area contributed by atoms with Crippen LogP contribution in [-0.4, -0.2) is 45.8 Å². The van der Waals surface area contributed by atoms with Gasteiger partial charge in [0.15, 0.2) is 6.61 Å². The number of ether oxygens (including phenoxy) is 2. The highest BCUT2D eigenvalue weighted by molar-refractivity contribution is 7.92. The molecule has 0 aromatic heterocycles. The molecular weight excluding hydrogens is 384 g/mol. The van der Waals surface area contributed by atoms with Gasteiger partial charge in [-0.15, -0.1) is 0 Å². The Morgan fingerprint density at radius 2 is 1.82 bits per heavy atom. The van der Waals surface area contributed by atoms with Gasteiger partial charge in [0.2, 0.25) is 0 Å². The Morgan fingerprint density at radius 1 is 1.11 bits per heavy atom. The Morgan fingerprint density at radius 3 is 2.43 bits per heavy atom. The largest absolute Gasteiger partial charge is 0.494 e. The Bertz CT molecular complexity index is 897. The molecule has 0 heterocycles. The van der Waals surface area contributed by atoms with Crippen LogP contribution in [0.5, 0.6) is 11.5 Å². The molecule has 2 rings (SSSR count). The maximum atomic E-state index is 12.6. The van der Waals surface area contributed by atoms with Crippen molar-refractivity contribution in [3.63, 3.8) is 0 Å². The standard InChI is InChI=1S/C19H24N2O6S/c1-3-26-16-6-4-15(5-7-16)21-28(24,25)17-8-9-18(14(2)12-17)27-13-19(23)20-10-11-22/h4-9,12,21-22H,3,10-11,13H2,1-2H3,(H,20,23). The van der Waals surface area contributed by atoms with Crippen molar-refractivity contribution < 1.29 is 27.8 Å². The first-order valence-electron chi connectivity index (χ1n) is 8.72. The molecule has 3 N–H and O–H groups in total. The van der Waals surface area contributed by atoms with Crippen molar-refractivity contribution in [1.82, 2.24) is 5.32 Å². The van der Waals surface area contributed by atoms with E-state index in [0.29, 0.717) is 29.4 Å². The quantitative estimate of drug-likeness (QED) is 0.551. The number of nitrogens with one attached hydrogen (secondary N) is 2. The van der Waals surface area contributed by atoms with Gasteiger partial charge < -0.3 is 19.9 Å². The molecule has 2 aromatic rings. The van der Waals surface area contributed by atoms with Crippen molar-refractivity contribution in [2.45, 2.75) is 18.7 Å². The van der Waals surface area contributed by atoms with Crippen LogP contribution in [-0.2, 0) is 14.8 Å². The maximum Gasteiger partial charge on any atom is 0.261 e. The zero-order chi connectivity index (χ0) is 20.6. The van der Waals surface area contributed by atoms with Crippen molar-refractivity contribution in [2.75, 3.05) is 31.1 Å². The second-order valence-corrected chi connectivity index (χ2v) is 7.53. The van der Waals surface area contributed by atoms with E-state index in [1.807, 2.05) is 6.92 Å². The Balaban J connectivity index is 2.05. The van der Waals surface area contributed by atoms with Crippen molar-refractivity contribution in [3.8, 4) is 11.5 Å². The molecule has 8 nitrogen and oxygen atoms in total. The lowest BCUT2D eigenvalue weighted by Gasteiger charge is -2.12. The lowest BCUT2D eigenvalue weighted by molar-refractivity contribution is -0.123. The number of anilines is 1. The molecule has 9 heteroatoms. The van der Waals surface area contributed by atoms with Crippen molar-refractivity contribution >= 4 is 21.6 Å². The van der Waals surface area contributed by atoms with Gasteiger partial charge in [0.1, 0.15) is 11.5 Å². The molecule has 0 radical (unpaired) electrons. The van der Waals surface area contributed by atoms with Crippen LogP contribution >= 0.6 is 0 Å². The fourth-order valence-corrected chi connectivity index (χ4v) is 3.48. The minimum absolute atomic E-state index is 0.0796. The van der Waals surface area contributed by atoms with E-state index in [9.17, 15) is 13.2 Å². The van der Waals surface area contributed by atoms with E-state index in [1.54, 1.807) is 31.2 Å². The van der Waals surface area contributed by atoms with Gasteiger partial charge in [-0.1, -0.05) is 0 Å². The lowest BCUT2D eigenvalue weighted by Crippen LogP contribution is -2.31. The summed E-state index contributed by atoms with van der Waals surface area (Å²) in [6, 6.07) is 11.0. The minimum Gasteiger partial charge on any atom is -0.494 e. The first-order chi connectivity index (χ1) is 13.4. The summed E-state index contributed by atoms with van der Waals surface area (Å²) in [6.07, 6.45) is 0. The van der Waals surface area contributed by atoms with Crippen LogP contribution in [0.25, 0.3) is 0 Å². The van der Waals surface area contributed by atoms with E-state index in [4.69, 9.17) is 14.6 Å². The topological polar surface area (TPSA) is 114 Å². The van der Waals surface area contributed by atoms with E-state index in [2.05, 4.69) is 10.0 Å². The first-order valence-corrected chi connectivity index (χ1v) is 10.2. The molecule has 152 valence electrons. The highest BCUT2D eigenvalue weighted by Crippen LogP contribution is 2.24. The van der Waals surface area contributed by atoms with Gasteiger partial charge in [-0.3, -0.25) is 9.52 Å². The molecule has 0 unspecified atom stereocenters. The van der Waals surface area contributed by atoms with Gasteiger partial charge in [0, 0.05) is 12.2 Å². The Hall–Kier alpha value is -2.78. The molecule has 1 amide bonds. The van der Waals surface area contributed by atoms with Crippen molar-refractivity contribution in [2.24, 2.45) is 0 Å². The molecule has 0 saturated heterocycles. The van der Waals surface area contributed by atoms with Crippen molar-refractivity contribution in [1.29, 1.82) is 0 Å². The van der Waals surface area contributed by atoms with E-state index in [1.165, 1.54) is 18.2 Å². The maximum absolute atomic E-state index is 12.6. The minimum atomic E-state index is -3.77. The third-order valence-electron chi connectivity index (χ3n) is 3.67. The van der Waals surface area contributed by atoms with E-state index in [-0.39, 0.29) is 30.6 Å². The SMILES string of the molecule is CCOc1ccc(NS(=O)(=O)c2ccc(OCC(=O)NCCO)c(C)c2)cc1. The van der Waals surface area contributed by atoms with Crippen LogP contribution in [0, 0.1) is 6.92 Å². The zero-order valence-electron chi connectivity index (χ0n) is 15.8. The number of aliphatic hydroxyl groups excluding tert-OH is 1. The molecule has 0 bridgehead atoms. The monoisotopic (exact) mass is 408 g/mol. The van der Waals surface area contributed by atoms with Crippen LogP contribution in [0.1, 0.15) is 12.5 Å². The van der Waals surface area contributed by atoms with Gasteiger partial charge in [-0.25, -0.2) is 8.42 Å². The average molecular weight is 408 g/mol. The normalized spacial score (nSPS) is 11.0. The molecule has 0 aliphatic carbocycles. The first kappa shape index (κ1) is 21.5. The average Bonchev–Trinajstić information content (AvgIpc) is 2.67. The molecule has 0 aliphatic heterocycles. The summed E-state index contributed by atoms with van der Waals surface area (Å²) in [5.74, 6) is 0.687. The number of amides is 1. The molecule has 0 saturated carbocycles. The molecule has 28 heavy (non-hydrogen) atoms. The highest BCUT2D eigenvalue weighted by Gasteiger charge is 2.16. The summed E-state index contributed by atoms with van der Waals surface area (Å²) >= 11 is 0. The predicted octanol–water partition coefficient (Wildman–Crippen LogP) is 1.68. The van der Waals surface area contributed by atoms with E-state index >= 15 is 0 Å². The summed E-state index contributed by atoms with van der Waals surface area (Å²) in [5, 5.41) is 11.1. The molecule has 0 aliphatic rings. The summed E-state index contributed by atoms with van der Waals surface area (Å²) in [4.78, 5) is 11.6. The predicted molar refractivity (Wildman–Crippen MR) is 105 cm³/mol. The number of sulfonamides is 1. The molecular formula is C19H24N2O6S. The van der Waals surface area contributed by atoms with Crippen LogP contribution in [0.3, 0.4) is 0 Å². The number of aryl methyl sites for hydroxylation is 1. The number of carbonyl (C=O) groups excluding carboxylic acids is 1. The molecule has 0 spiro atoms. The van der Waals surface area contributed by atoms with Crippen LogP contribution in [0.4, 0.5) is 5.69 Å². The third-order valence-corrected chi connectivity index (χ3v) is 5.05. The Labute approximate surface area is 164 Å². The van der Waals surface area contributed by atoms with Crippen LogP contribution in [0.2, 0.25) is 0 Å². The van der Waals surface area contributed by atoms with Crippen molar-refractivity contribution in [3.05, 3.63) is 48.0 Å². The van der Waals surface area contributed by atoms with Crippen LogP contribution in [0.15, 0.2) is 47.4 Å². The number of carbonyl (C=O) groups is 1. The lowest BCUT2D eigenvalue weighted by atomic mass is 10.2. The third kappa shape index (κ3) is 6.14. The summed E-state index contributed by atoms with van der Waals surface area (Å²) in [5.41, 5.74) is 0.992. The van der Waals surface area contributed by atoms with Crippen LogP contribution < -0.4 is 19.5 Å². The molecule has 2 aromatic carbocycles. The highest BCUT2D eigenvalue weighted by atomic mass is 32.2. The summed E-state index contributed by atoms with van der Waals surface area (Å²) in [7, 11) is -3.77. The fourth-order valence-electron chi connectivity index (χ4n) is 2.34. The van der Waals surface area contributed by atoms with Gasteiger partial charge in [-0.2, -0.15) is 0 Å². The van der Waals surface area contributed by atoms with Gasteiger partial charge in [-0.05, 0) is 61.9 Å². The van der Waals surface area contributed by atoms with Gasteiger partial charge >= 0.3 is 0 Å². The van der Waals surface area contributed by atoms with Gasteiger partial charge in [0.05, 0.1) is 18.1 Å².